The van der Waals surface area contributed by atoms with Gasteiger partial charge in [-0.3, -0.25) is 9.59 Å². The second-order valence-corrected chi connectivity index (χ2v) is 8.90. The summed E-state index contributed by atoms with van der Waals surface area (Å²) in [5.74, 6) is -1.44. The van der Waals surface area contributed by atoms with Crippen molar-refractivity contribution in [2.75, 3.05) is 0 Å². The maximum atomic E-state index is 13.1. The van der Waals surface area contributed by atoms with Crippen molar-refractivity contribution >= 4 is 23.2 Å². The number of rotatable bonds is 6. The Labute approximate surface area is 199 Å². The van der Waals surface area contributed by atoms with E-state index in [4.69, 9.17) is 0 Å². The predicted molar refractivity (Wildman–Crippen MR) is 126 cm³/mol. The second-order valence-electron chi connectivity index (χ2n) is 7.69. The first-order valence-electron chi connectivity index (χ1n) is 10.5. The van der Waals surface area contributed by atoms with Crippen LogP contribution in [0.25, 0.3) is 0 Å². The van der Waals surface area contributed by atoms with E-state index < -0.39 is 11.7 Å². The van der Waals surface area contributed by atoms with Crippen LogP contribution in [0.4, 0.5) is 8.78 Å². The number of aryl methyl sites for hydroxylation is 1. The molecule has 0 radical (unpaired) electrons. The van der Waals surface area contributed by atoms with E-state index in [1.54, 1.807) is 30.3 Å². The first kappa shape index (κ1) is 23.3. The van der Waals surface area contributed by atoms with Gasteiger partial charge in [0.25, 0.3) is 11.8 Å². The zero-order chi connectivity index (χ0) is 24.1. The molecule has 4 rings (SSSR count). The van der Waals surface area contributed by atoms with Gasteiger partial charge in [-0.1, -0.05) is 24.3 Å². The van der Waals surface area contributed by atoms with E-state index in [1.807, 2.05) is 23.8 Å². The van der Waals surface area contributed by atoms with Crippen molar-refractivity contribution in [2.24, 2.45) is 4.99 Å². The summed E-state index contributed by atoms with van der Waals surface area (Å²) in [6, 6.07) is 18.4. The van der Waals surface area contributed by atoms with Gasteiger partial charge in [-0.15, -0.1) is 11.3 Å². The Bertz CT molecular complexity index is 1390. The van der Waals surface area contributed by atoms with E-state index >= 15 is 0 Å². The van der Waals surface area contributed by atoms with Gasteiger partial charge in [-0.25, -0.2) is 8.78 Å². The Balaban J connectivity index is 1.49. The van der Waals surface area contributed by atoms with Gasteiger partial charge < -0.3 is 9.88 Å². The van der Waals surface area contributed by atoms with E-state index in [1.165, 1.54) is 47.7 Å². The lowest BCUT2D eigenvalue weighted by Crippen LogP contribution is -2.23. The molecule has 0 atom stereocenters. The van der Waals surface area contributed by atoms with E-state index in [9.17, 15) is 18.4 Å². The van der Waals surface area contributed by atoms with Gasteiger partial charge in [-0.2, -0.15) is 4.99 Å². The number of nitrogens with zero attached hydrogens (tertiary/aromatic N) is 2. The lowest BCUT2D eigenvalue weighted by atomic mass is 10.1. The minimum Gasteiger partial charge on any atom is -0.348 e. The van der Waals surface area contributed by atoms with Crippen LogP contribution in [0.2, 0.25) is 0 Å². The molecule has 3 aromatic carbocycles. The molecule has 1 heterocycles. The fourth-order valence-electron chi connectivity index (χ4n) is 3.34. The number of nitrogens with one attached hydrogen (secondary N) is 1. The molecule has 8 heteroatoms. The summed E-state index contributed by atoms with van der Waals surface area (Å²) in [6.07, 6.45) is 1.89. The maximum Gasteiger partial charge on any atom is 0.279 e. The van der Waals surface area contributed by atoms with Crippen LogP contribution in [0.5, 0.6) is 0 Å². The van der Waals surface area contributed by atoms with Gasteiger partial charge in [0.1, 0.15) is 11.6 Å². The van der Waals surface area contributed by atoms with Crippen molar-refractivity contribution in [3.05, 3.63) is 123 Å². The summed E-state index contributed by atoms with van der Waals surface area (Å²) >= 11 is 1.37. The second kappa shape index (κ2) is 10.4. The van der Waals surface area contributed by atoms with Gasteiger partial charge in [0, 0.05) is 35.3 Å². The molecule has 0 aliphatic carbocycles. The molecular formula is C26H21F2N3O2S. The monoisotopic (exact) mass is 477 g/mol. The SMILES string of the molecule is Cc1cn(Cc2cccc(C(=O)NCc3ccc(F)cc3)c2)c(=NC(=O)c2ccc(F)cc2)s1. The third kappa shape index (κ3) is 5.90. The molecule has 0 unspecified atom stereocenters. The lowest BCUT2D eigenvalue weighted by Gasteiger charge is -2.08. The van der Waals surface area contributed by atoms with Crippen LogP contribution >= 0.6 is 11.3 Å². The Morgan fingerprint density at radius 3 is 2.29 bits per heavy atom. The number of carbonyl (C=O) groups excluding carboxylic acids is 2. The fraction of sp³-hybridized carbons (Fsp3) is 0.115. The molecule has 0 spiro atoms. The Kier molecular flexibility index (Phi) is 7.08. The molecule has 0 aliphatic heterocycles. The van der Waals surface area contributed by atoms with Crippen molar-refractivity contribution < 1.29 is 18.4 Å². The molecule has 0 fully saturated rings. The summed E-state index contributed by atoms with van der Waals surface area (Å²) in [6.45, 7) is 2.62. The first-order valence-corrected chi connectivity index (χ1v) is 11.3. The highest BCUT2D eigenvalue weighted by atomic mass is 32.1. The van der Waals surface area contributed by atoms with Crippen LogP contribution < -0.4 is 10.1 Å². The van der Waals surface area contributed by atoms with E-state index in [0.717, 1.165) is 16.0 Å². The van der Waals surface area contributed by atoms with Crippen molar-refractivity contribution in [1.82, 2.24) is 9.88 Å². The zero-order valence-electron chi connectivity index (χ0n) is 18.3. The average molecular weight is 478 g/mol. The molecule has 0 aliphatic rings. The number of carbonyl (C=O) groups is 2. The minimum absolute atomic E-state index is 0.242. The zero-order valence-corrected chi connectivity index (χ0v) is 19.1. The van der Waals surface area contributed by atoms with Crippen LogP contribution in [0.1, 0.15) is 36.7 Å². The summed E-state index contributed by atoms with van der Waals surface area (Å²) in [5, 5.41) is 2.83. The van der Waals surface area contributed by atoms with Gasteiger partial charge in [0.2, 0.25) is 0 Å². The summed E-state index contributed by atoms with van der Waals surface area (Å²) in [4.78, 5) is 30.8. The Morgan fingerprint density at radius 1 is 0.912 bits per heavy atom. The summed E-state index contributed by atoms with van der Waals surface area (Å²) in [5.41, 5.74) is 2.46. The molecule has 1 N–H and O–H groups in total. The molecule has 2 amide bonds. The molecule has 4 aromatic rings. The molecule has 34 heavy (non-hydrogen) atoms. The van der Waals surface area contributed by atoms with Crippen LogP contribution in [0.15, 0.2) is 84.0 Å². The number of hydrogen-bond donors (Lipinski definition) is 1. The number of thiazole rings is 1. The number of benzene rings is 3. The average Bonchev–Trinajstić information content (AvgIpc) is 3.17. The molecule has 1 aromatic heterocycles. The normalized spacial score (nSPS) is 11.4. The molecule has 172 valence electrons. The topological polar surface area (TPSA) is 63.5 Å². The van der Waals surface area contributed by atoms with Crippen LogP contribution in [-0.4, -0.2) is 16.4 Å². The smallest absolute Gasteiger partial charge is 0.279 e. The molecule has 0 saturated carbocycles. The maximum absolute atomic E-state index is 13.1. The van der Waals surface area contributed by atoms with Crippen molar-refractivity contribution in [1.29, 1.82) is 0 Å². The predicted octanol–water partition coefficient (Wildman–Crippen LogP) is 4.86. The van der Waals surface area contributed by atoms with Gasteiger partial charge >= 0.3 is 0 Å². The standard InChI is InChI=1S/C26H21F2N3O2S/c1-17-15-31(26(34-17)30-25(33)20-7-11-23(28)12-8-20)16-19-3-2-4-21(13-19)24(32)29-14-18-5-9-22(27)10-6-18/h2-13,15H,14,16H2,1H3,(H,29,32). The highest BCUT2D eigenvalue weighted by Gasteiger charge is 2.10. The Morgan fingerprint density at radius 2 is 1.59 bits per heavy atom. The first-order chi connectivity index (χ1) is 16.4. The van der Waals surface area contributed by atoms with Crippen LogP contribution in [0, 0.1) is 18.6 Å². The highest BCUT2D eigenvalue weighted by Crippen LogP contribution is 2.11. The summed E-state index contributed by atoms with van der Waals surface area (Å²) in [7, 11) is 0. The van der Waals surface area contributed by atoms with Crippen LogP contribution in [0.3, 0.4) is 0 Å². The van der Waals surface area contributed by atoms with E-state index in [0.29, 0.717) is 22.5 Å². The third-order valence-corrected chi connectivity index (χ3v) is 5.97. The fourth-order valence-corrected chi connectivity index (χ4v) is 4.17. The molecular weight excluding hydrogens is 456 g/mol. The van der Waals surface area contributed by atoms with E-state index in [-0.39, 0.29) is 18.3 Å². The molecule has 5 nitrogen and oxygen atoms in total. The van der Waals surface area contributed by atoms with Gasteiger partial charge in [0.05, 0.1) is 0 Å². The number of aromatic nitrogens is 1. The number of halogens is 2. The van der Waals surface area contributed by atoms with E-state index in [2.05, 4.69) is 10.3 Å². The third-order valence-electron chi connectivity index (χ3n) is 5.03. The minimum atomic E-state index is -0.454. The van der Waals surface area contributed by atoms with Crippen molar-refractivity contribution in [2.45, 2.75) is 20.0 Å². The number of hydrogen-bond acceptors (Lipinski definition) is 3. The lowest BCUT2D eigenvalue weighted by molar-refractivity contribution is 0.0949. The van der Waals surface area contributed by atoms with Crippen molar-refractivity contribution in [3.63, 3.8) is 0 Å². The Hall–Kier alpha value is -3.91. The van der Waals surface area contributed by atoms with Crippen molar-refractivity contribution in [3.8, 4) is 0 Å². The molecule has 0 bridgehead atoms. The number of amides is 2. The van der Waals surface area contributed by atoms with Crippen LogP contribution in [-0.2, 0) is 13.1 Å². The summed E-state index contributed by atoms with van der Waals surface area (Å²) < 4.78 is 28.0. The van der Waals surface area contributed by atoms with Gasteiger partial charge in [-0.05, 0) is 66.6 Å². The quantitative estimate of drug-likeness (QED) is 0.431. The van der Waals surface area contributed by atoms with Gasteiger partial charge in [0.15, 0.2) is 4.80 Å². The largest absolute Gasteiger partial charge is 0.348 e. The molecule has 0 saturated heterocycles. The highest BCUT2D eigenvalue weighted by molar-refractivity contribution is 7.09.